The summed E-state index contributed by atoms with van der Waals surface area (Å²) in [6, 6.07) is 2.39. The van der Waals surface area contributed by atoms with Crippen molar-refractivity contribution in [2.24, 2.45) is 5.11 Å². The van der Waals surface area contributed by atoms with E-state index in [1.54, 1.807) is 12.2 Å². The lowest BCUT2D eigenvalue weighted by Gasteiger charge is -2.01. The maximum absolute atomic E-state index is 12.8. The van der Waals surface area contributed by atoms with Crippen LogP contribution >= 0.6 is 23.2 Å². The standard InChI is InChI=1S/C10H8Cl2FN3/c11-9-5-7(13)6-10(12)8(9)3-1-2-4-15-16-14/h1,3,5-6H,2,4H2. The second-order valence-electron chi connectivity index (χ2n) is 2.93. The lowest BCUT2D eigenvalue weighted by atomic mass is 10.2. The normalized spacial score (nSPS) is 10.4. The third-order valence-corrected chi connectivity index (χ3v) is 2.41. The molecule has 0 spiro atoms. The van der Waals surface area contributed by atoms with Gasteiger partial charge in [0.1, 0.15) is 5.82 Å². The minimum absolute atomic E-state index is 0.255. The van der Waals surface area contributed by atoms with Crippen molar-refractivity contribution in [1.82, 2.24) is 0 Å². The van der Waals surface area contributed by atoms with Crippen LogP contribution in [0.3, 0.4) is 0 Å². The number of nitrogens with zero attached hydrogens (tertiary/aromatic N) is 3. The van der Waals surface area contributed by atoms with E-state index in [1.807, 2.05) is 0 Å². The van der Waals surface area contributed by atoms with Gasteiger partial charge in [-0.3, -0.25) is 0 Å². The SMILES string of the molecule is [N-]=[N+]=NCCC=Cc1c(Cl)cc(F)cc1Cl. The molecule has 0 N–H and O–H groups in total. The topological polar surface area (TPSA) is 48.8 Å². The molecule has 0 heterocycles. The summed E-state index contributed by atoms with van der Waals surface area (Å²) in [4.78, 5) is 2.62. The molecule has 0 aliphatic carbocycles. The molecule has 1 aromatic rings. The van der Waals surface area contributed by atoms with Crippen LogP contribution in [0.25, 0.3) is 16.5 Å². The molecule has 16 heavy (non-hydrogen) atoms. The zero-order valence-electron chi connectivity index (χ0n) is 8.20. The minimum Gasteiger partial charge on any atom is -0.207 e. The quantitative estimate of drug-likeness (QED) is 0.321. The van der Waals surface area contributed by atoms with E-state index < -0.39 is 5.82 Å². The van der Waals surface area contributed by atoms with Gasteiger partial charge in [-0.2, -0.15) is 0 Å². The summed E-state index contributed by atoms with van der Waals surface area (Å²) in [5, 5.41) is 3.87. The molecule has 0 fully saturated rings. The Morgan fingerprint density at radius 1 is 1.38 bits per heavy atom. The van der Waals surface area contributed by atoms with Gasteiger partial charge in [-0.05, 0) is 24.1 Å². The van der Waals surface area contributed by atoms with Crippen LogP contribution in [0.5, 0.6) is 0 Å². The smallest absolute Gasteiger partial charge is 0.126 e. The number of hydrogen-bond donors (Lipinski definition) is 0. The van der Waals surface area contributed by atoms with Crippen LogP contribution in [0.15, 0.2) is 23.3 Å². The van der Waals surface area contributed by atoms with Crippen molar-refractivity contribution in [1.29, 1.82) is 0 Å². The second kappa shape index (κ2) is 6.38. The summed E-state index contributed by atoms with van der Waals surface area (Å²) in [6.07, 6.45) is 4.02. The molecule has 0 amide bonds. The van der Waals surface area contributed by atoms with Crippen molar-refractivity contribution < 1.29 is 4.39 Å². The fourth-order valence-electron chi connectivity index (χ4n) is 1.09. The molecule has 6 heteroatoms. The Bertz CT molecular complexity index is 430. The van der Waals surface area contributed by atoms with Crippen LogP contribution in [0.1, 0.15) is 12.0 Å². The molecule has 3 nitrogen and oxygen atoms in total. The summed E-state index contributed by atoms with van der Waals surface area (Å²) in [6.45, 7) is 0.365. The van der Waals surface area contributed by atoms with E-state index in [4.69, 9.17) is 28.7 Å². The van der Waals surface area contributed by atoms with Gasteiger partial charge in [0.05, 0.1) is 10.0 Å². The summed E-state index contributed by atoms with van der Waals surface area (Å²) in [7, 11) is 0. The first-order valence-electron chi connectivity index (χ1n) is 4.47. The number of hydrogen-bond acceptors (Lipinski definition) is 1. The van der Waals surface area contributed by atoms with Gasteiger partial charge in [0.2, 0.25) is 0 Å². The highest BCUT2D eigenvalue weighted by Crippen LogP contribution is 2.27. The van der Waals surface area contributed by atoms with Crippen LogP contribution in [0.4, 0.5) is 4.39 Å². The molecular weight excluding hydrogens is 252 g/mol. The van der Waals surface area contributed by atoms with Gasteiger partial charge in [0.25, 0.3) is 0 Å². The molecule has 1 rings (SSSR count). The fraction of sp³-hybridized carbons (Fsp3) is 0.200. The van der Waals surface area contributed by atoms with E-state index >= 15 is 0 Å². The van der Waals surface area contributed by atoms with Crippen molar-refractivity contribution in [3.8, 4) is 0 Å². The number of halogens is 3. The maximum atomic E-state index is 12.8. The number of azide groups is 1. The van der Waals surface area contributed by atoms with Gasteiger partial charge in [-0.15, -0.1) is 0 Å². The van der Waals surface area contributed by atoms with E-state index in [1.165, 1.54) is 12.1 Å². The van der Waals surface area contributed by atoms with Crippen molar-refractivity contribution >= 4 is 29.3 Å². The zero-order valence-corrected chi connectivity index (χ0v) is 9.71. The van der Waals surface area contributed by atoms with E-state index in [0.29, 0.717) is 18.5 Å². The molecule has 84 valence electrons. The molecule has 1 aromatic carbocycles. The molecular formula is C10H8Cl2FN3. The first-order chi connectivity index (χ1) is 7.65. The highest BCUT2D eigenvalue weighted by Gasteiger charge is 2.04. The fourth-order valence-corrected chi connectivity index (χ4v) is 1.68. The van der Waals surface area contributed by atoms with Gasteiger partial charge in [0, 0.05) is 17.0 Å². The molecule has 0 aliphatic heterocycles. The van der Waals surface area contributed by atoms with Crippen molar-refractivity contribution in [3.05, 3.63) is 50.1 Å². The summed E-state index contributed by atoms with van der Waals surface area (Å²) >= 11 is 11.6. The van der Waals surface area contributed by atoms with E-state index in [0.717, 1.165) is 0 Å². The van der Waals surface area contributed by atoms with Crippen LogP contribution in [0, 0.1) is 5.82 Å². The average molecular weight is 260 g/mol. The highest BCUT2D eigenvalue weighted by atomic mass is 35.5. The zero-order chi connectivity index (χ0) is 12.0. The second-order valence-corrected chi connectivity index (χ2v) is 3.74. The predicted octanol–water partition coefficient (Wildman–Crippen LogP) is 4.85. The lowest BCUT2D eigenvalue weighted by molar-refractivity contribution is 0.628. The minimum atomic E-state index is -0.471. The van der Waals surface area contributed by atoms with E-state index in [2.05, 4.69) is 10.0 Å². The molecule has 0 bridgehead atoms. The van der Waals surface area contributed by atoms with Crippen molar-refractivity contribution in [3.63, 3.8) is 0 Å². The largest absolute Gasteiger partial charge is 0.207 e. The average Bonchev–Trinajstić information content (AvgIpc) is 2.20. The Balaban J connectivity index is 2.77. The Labute approximate surface area is 102 Å². The predicted molar refractivity (Wildman–Crippen MR) is 64.1 cm³/mol. The Morgan fingerprint density at radius 2 is 2.00 bits per heavy atom. The number of rotatable bonds is 4. The highest BCUT2D eigenvalue weighted by molar-refractivity contribution is 6.37. The molecule has 0 aromatic heterocycles. The molecule has 0 radical (unpaired) electrons. The van der Waals surface area contributed by atoms with Gasteiger partial charge < -0.3 is 0 Å². The van der Waals surface area contributed by atoms with Gasteiger partial charge >= 0.3 is 0 Å². The van der Waals surface area contributed by atoms with Crippen LogP contribution in [-0.2, 0) is 0 Å². The maximum Gasteiger partial charge on any atom is 0.126 e. The lowest BCUT2D eigenvalue weighted by Crippen LogP contribution is -1.82. The summed E-state index contributed by atoms with van der Waals surface area (Å²) < 4.78 is 12.8. The van der Waals surface area contributed by atoms with E-state index in [-0.39, 0.29) is 10.0 Å². The van der Waals surface area contributed by atoms with Crippen LogP contribution in [-0.4, -0.2) is 6.54 Å². The number of benzene rings is 1. The summed E-state index contributed by atoms with van der Waals surface area (Å²) in [5.41, 5.74) is 8.61. The molecule has 0 saturated carbocycles. The van der Waals surface area contributed by atoms with Crippen LogP contribution < -0.4 is 0 Å². The van der Waals surface area contributed by atoms with Gasteiger partial charge in [-0.1, -0.05) is 40.5 Å². The first kappa shape index (κ1) is 12.8. The Hall–Kier alpha value is -1.22. The first-order valence-corrected chi connectivity index (χ1v) is 5.22. The Morgan fingerprint density at radius 3 is 2.56 bits per heavy atom. The van der Waals surface area contributed by atoms with E-state index in [9.17, 15) is 4.39 Å². The van der Waals surface area contributed by atoms with Crippen molar-refractivity contribution in [2.75, 3.05) is 6.54 Å². The molecule has 0 aliphatic rings. The van der Waals surface area contributed by atoms with Crippen LogP contribution in [0.2, 0.25) is 10.0 Å². The van der Waals surface area contributed by atoms with Gasteiger partial charge in [0.15, 0.2) is 0 Å². The molecule has 0 atom stereocenters. The molecule has 0 unspecified atom stereocenters. The molecule has 0 saturated heterocycles. The third kappa shape index (κ3) is 3.74. The van der Waals surface area contributed by atoms with Crippen molar-refractivity contribution in [2.45, 2.75) is 6.42 Å². The Kier molecular flexibility index (Phi) is 5.12. The van der Waals surface area contributed by atoms with Gasteiger partial charge in [-0.25, -0.2) is 4.39 Å². The third-order valence-electron chi connectivity index (χ3n) is 1.79. The monoisotopic (exact) mass is 259 g/mol. The summed E-state index contributed by atoms with van der Waals surface area (Å²) in [5.74, 6) is -0.471.